The number of nitrogens with two attached hydrogens (primary N) is 1. The summed E-state index contributed by atoms with van der Waals surface area (Å²) in [5, 5.41) is 1.56. The van der Waals surface area contributed by atoms with E-state index in [1.165, 1.54) is 12.1 Å². The maximum Gasteiger partial charge on any atom is 0.409 e. The second-order valence-corrected chi connectivity index (χ2v) is 4.39. The number of carbonyl (C=O) groups excluding carboxylic acids is 1. The zero-order valence-corrected chi connectivity index (χ0v) is 10.9. The van der Waals surface area contributed by atoms with Gasteiger partial charge < -0.3 is 11.1 Å². The predicted molar refractivity (Wildman–Crippen MR) is 66.6 cm³/mol. The number of halogens is 6. The first kappa shape index (κ1) is 17.2. The molecule has 0 atom stereocenters. The van der Waals surface area contributed by atoms with Gasteiger partial charge in [-0.25, -0.2) is 0 Å². The Hall–Kier alpha value is -1.84. The largest absolute Gasteiger partial charge is 0.409 e. The van der Waals surface area contributed by atoms with Gasteiger partial charge in [0, 0.05) is 11.3 Å². The Morgan fingerprint density at radius 3 is 2.10 bits per heavy atom. The number of carbonyl (C=O) groups is 1. The smallest absolute Gasteiger partial charge is 0.389 e. The highest BCUT2D eigenvalue weighted by atomic mass is 32.1. The lowest BCUT2D eigenvalue weighted by atomic mass is 10.1. The molecule has 3 N–H and O–H groups in total. The first-order valence-corrected chi connectivity index (χ1v) is 5.68. The Morgan fingerprint density at radius 1 is 1.14 bits per heavy atom. The third kappa shape index (κ3) is 4.59. The zero-order chi connectivity index (χ0) is 16.4. The number of rotatable bonds is 3. The van der Waals surface area contributed by atoms with Crippen LogP contribution in [0.1, 0.15) is 5.56 Å². The average Bonchev–Trinajstić information content (AvgIpc) is 2.24. The van der Waals surface area contributed by atoms with Crippen molar-refractivity contribution in [1.29, 1.82) is 0 Å². The third-order valence-corrected chi connectivity index (χ3v) is 2.57. The second-order valence-electron chi connectivity index (χ2n) is 3.95. The van der Waals surface area contributed by atoms with Crippen LogP contribution in [0.2, 0.25) is 0 Å². The van der Waals surface area contributed by atoms with Crippen LogP contribution in [0.15, 0.2) is 24.3 Å². The van der Waals surface area contributed by atoms with Gasteiger partial charge in [-0.05, 0) is 12.1 Å². The molecule has 3 nitrogen and oxygen atoms in total. The van der Waals surface area contributed by atoms with E-state index in [0.717, 1.165) is 12.1 Å². The number of thiocarbonyl (C=S) groups is 1. The van der Waals surface area contributed by atoms with Crippen LogP contribution in [-0.2, 0) is 4.79 Å². The molecule has 0 unspecified atom stereocenters. The van der Waals surface area contributed by atoms with E-state index in [0.29, 0.717) is 0 Å². The molecule has 0 aromatic heterocycles. The molecule has 1 amide bonds. The first-order valence-electron chi connectivity index (χ1n) is 5.27. The Morgan fingerprint density at radius 2 is 1.67 bits per heavy atom. The number of hydrogen-bond acceptors (Lipinski definition) is 2. The molecule has 116 valence electrons. The second kappa shape index (κ2) is 5.88. The molecule has 0 aliphatic rings. The standard InChI is InChI=1S/C11H8F6N2OS/c12-10(13,14)7(11(15,16)17)9(20)19-6-3-1-2-5(4-6)8(18)21/h1-4,7H,(H2,18,21)(H,19,20). The van der Waals surface area contributed by atoms with Crippen LogP contribution in [-0.4, -0.2) is 23.2 Å². The van der Waals surface area contributed by atoms with Crippen molar-refractivity contribution in [2.24, 2.45) is 11.7 Å². The molecule has 1 aromatic carbocycles. The first-order chi connectivity index (χ1) is 9.43. The topological polar surface area (TPSA) is 55.1 Å². The average molecular weight is 330 g/mol. The van der Waals surface area contributed by atoms with Crippen molar-refractivity contribution in [3.8, 4) is 0 Å². The van der Waals surface area contributed by atoms with E-state index in [-0.39, 0.29) is 16.2 Å². The summed E-state index contributed by atoms with van der Waals surface area (Å²) < 4.78 is 74.1. The Kier molecular flexibility index (Phi) is 4.82. The monoisotopic (exact) mass is 330 g/mol. The van der Waals surface area contributed by atoms with Gasteiger partial charge in [0.25, 0.3) is 0 Å². The van der Waals surface area contributed by atoms with Gasteiger partial charge in [0.1, 0.15) is 4.99 Å². The summed E-state index contributed by atoms with van der Waals surface area (Å²) in [5.41, 5.74) is 5.19. The molecule has 0 aliphatic heterocycles. The Balaban J connectivity index is 3.03. The Bertz CT molecular complexity index is 540. The fraction of sp³-hybridized carbons (Fsp3) is 0.273. The minimum Gasteiger partial charge on any atom is -0.389 e. The van der Waals surface area contributed by atoms with Crippen molar-refractivity contribution in [3.63, 3.8) is 0 Å². The fourth-order valence-corrected chi connectivity index (χ4v) is 1.57. The third-order valence-electron chi connectivity index (χ3n) is 2.33. The normalized spacial score (nSPS) is 12.3. The fourth-order valence-electron chi connectivity index (χ4n) is 1.45. The molecule has 0 spiro atoms. The number of anilines is 1. The number of hydrogen-bond donors (Lipinski definition) is 2. The van der Waals surface area contributed by atoms with Crippen LogP contribution < -0.4 is 11.1 Å². The molecule has 0 radical (unpaired) electrons. The van der Waals surface area contributed by atoms with Gasteiger partial charge in [0.2, 0.25) is 11.8 Å². The Labute approximate surface area is 120 Å². The maximum absolute atomic E-state index is 12.4. The molecule has 0 heterocycles. The molecule has 1 aromatic rings. The van der Waals surface area contributed by atoms with Crippen molar-refractivity contribution < 1.29 is 31.1 Å². The number of amides is 1. The van der Waals surface area contributed by atoms with E-state index >= 15 is 0 Å². The van der Waals surface area contributed by atoms with Crippen LogP contribution >= 0.6 is 12.2 Å². The summed E-state index contributed by atoms with van der Waals surface area (Å²) >= 11 is 4.61. The van der Waals surface area contributed by atoms with Gasteiger partial charge in [-0.3, -0.25) is 4.79 Å². The highest BCUT2D eigenvalue weighted by Gasteiger charge is 2.61. The molecule has 21 heavy (non-hydrogen) atoms. The molecular weight excluding hydrogens is 322 g/mol. The van der Waals surface area contributed by atoms with Crippen molar-refractivity contribution >= 4 is 28.8 Å². The summed E-state index contributed by atoms with van der Waals surface area (Å²) in [5.74, 6) is -6.34. The van der Waals surface area contributed by atoms with Crippen LogP contribution in [0.4, 0.5) is 32.0 Å². The molecule has 0 saturated heterocycles. The van der Waals surface area contributed by atoms with Crippen molar-refractivity contribution in [2.75, 3.05) is 5.32 Å². The molecule has 10 heteroatoms. The highest BCUT2D eigenvalue weighted by molar-refractivity contribution is 7.80. The molecule has 0 fully saturated rings. The molecule has 0 saturated carbocycles. The van der Waals surface area contributed by atoms with Crippen LogP contribution in [0.25, 0.3) is 0 Å². The lowest BCUT2D eigenvalue weighted by Crippen LogP contribution is -2.45. The quantitative estimate of drug-likeness (QED) is 0.662. The minimum atomic E-state index is -5.75. The predicted octanol–water partition coefficient (Wildman–Crippen LogP) is 3.00. The van der Waals surface area contributed by atoms with Crippen LogP contribution in [0, 0.1) is 5.92 Å². The lowest BCUT2D eigenvalue weighted by molar-refractivity contribution is -0.272. The van der Waals surface area contributed by atoms with E-state index in [4.69, 9.17) is 5.73 Å². The van der Waals surface area contributed by atoms with Gasteiger partial charge in [0.15, 0.2) is 0 Å². The van der Waals surface area contributed by atoms with E-state index in [9.17, 15) is 31.1 Å². The van der Waals surface area contributed by atoms with Gasteiger partial charge >= 0.3 is 12.4 Å². The summed E-state index contributed by atoms with van der Waals surface area (Å²) in [6.45, 7) is 0. The maximum atomic E-state index is 12.4. The number of alkyl halides is 6. The number of benzene rings is 1. The summed E-state index contributed by atoms with van der Waals surface area (Å²) in [7, 11) is 0. The van der Waals surface area contributed by atoms with Crippen LogP contribution in [0.5, 0.6) is 0 Å². The SMILES string of the molecule is NC(=S)c1cccc(NC(=O)C(C(F)(F)F)C(F)(F)F)c1. The minimum absolute atomic E-state index is 0.116. The molecule has 1 rings (SSSR count). The molecule has 0 aliphatic carbocycles. The van der Waals surface area contributed by atoms with Crippen LogP contribution in [0.3, 0.4) is 0 Å². The summed E-state index contributed by atoms with van der Waals surface area (Å²) in [6.07, 6.45) is -11.5. The molecule has 0 bridgehead atoms. The van der Waals surface area contributed by atoms with Crippen molar-refractivity contribution in [3.05, 3.63) is 29.8 Å². The number of nitrogens with one attached hydrogen (secondary N) is 1. The summed E-state index contributed by atoms with van der Waals surface area (Å²) in [6, 6.07) is 4.86. The van der Waals surface area contributed by atoms with Gasteiger partial charge in [-0.1, -0.05) is 24.4 Å². The van der Waals surface area contributed by atoms with E-state index in [2.05, 4.69) is 12.2 Å². The van der Waals surface area contributed by atoms with Gasteiger partial charge in [0.05, 0.1) is 0 Å². The van der Waals surface area contributed by atoms with E-state index in [1.807, 2.05) is 0 Å². The highest BCUT2D eigenvalue weighted by Crippen LogP contribution is 2.39. The zero-order valence-electron chi connectivity index (χ0n) is 10.0. The van der Waals surface area contributed by atoms with E-state index in [1.54, 1.807) is 5.32 Å². The van der Waals surface area contributed by atoms with E-state index < -0.39 is 24.2 Å². The lowest BCUT2D eigenvalue weighted by Gasteiger charge is -2.22. The molecular formula is C11H8F6N2OS. The van der Waals surface area contributed by atoms with Gasteiger partial charge in [-0.15, -0.1) is 0 Å². The summed E-state index contributed by atoms with van der Waals surface area (Å²) in [4.78, 5) is 11.2. The van der Waals surface area contributed by atoms with Crippen molar-refractivity contribution in [2.45, 2.75) is 12.4 Å². The van der Waals surface area contributed by atoms with Crippen molar-refractivity contribution in [1.82, 2.24) is 0 Å². The van der Waals surface area contributed by atoms with Gasteiger partial charge in [-0.2, -0.15) is 26.3 Å².